The Morgan fingerprint density at radius 3 is 2.28 bits per heavy atom. The first kappa shape index (κ1) is 32.5. The zero-order valence-electron chi connectivity index (χ0n) is 27.6. The van der Waals surface area contributed by atoms with Crippen LogP contribution in [0.5, 0.6) is 17.2 Å². The Morgan fingerprint density at radius 1 is 0.870 bits per heavy atom. The van der Waals surface area contributed by atoms with E-state index in [4.69, 9.17) is 14.2 Å². The standard InChI is InChI=1S/C39H48N2O4S/c1-4-40(5-2)27-30-10-6-7-11-35(30)45-32-18-12-28(13-19-32)38(42)37-34-21-20-33(43-3)26-36(34)46-39(37)29-14-16-31(17-15-29)44-25-24-41-22-8-9-23-41/h12-21,26,30,35H,4-11,22-25,27H2,1-3H3/t30-,35+/m1/s1. The average Bonchev–Trinajstić information content (AvgIpc) is 3.76. The number of likely N-dealkylation sites (tertiary alicyclic amines) is 1. The number of methoxy groups -OCH3 is 1. The predicted molar refractivity (Wildman–Crippen MR) is 189 cm³/mol. The summed E-state index contributed by atoms with van der Waals surface area (Å²) in [7, 11) is 1.67. The molecule has 1 aliphatic carbocycles. The van der Waals surface area contributed by atoms with E-state index in [1.54, 1.807) is 18.4 Å². The number of carbonyl (C=O) groups is 1. The molecule has 7 heteroatoms. The van der Waals surface area contributed by atoms with E-state index in [2.05, 4.69) is 35.8 Å². The quantitative estimate of drug-likeness (QED) is 0.129. The van der Waals surface area contributed by atoms with Crippen LogP contribution in [-0.2, 0) is 0 Å². The van der Waals surface area contributed by atoms with E-state index in [-0.39, 0.29) is 11.9 Å². The van der Waals surface area contributed by atoms with Crippen molar-refractivity contribution in [2.75, 3.05) is 53.0 Å². The number of fused-ring (bicyclic) bond motifs is 1. The number of carbonyl (C=O) groups excluding carboxylic acids is 1. The molecule has 1 aliphatic heterocycles. The van der Waals surface area contributed by atoms with Crippen LogP contribution in [0.4, 0.5) is 0 Å². The maximum Gasteiger partial charge on any atom is 0.195 e. The number of ketones is 1. The van der Waals surface area contributed by atoms with Gasteiger partial charge >= 0.3 is 0 Å². The third-order valence-corrected chi connectivity index (χ3v) is 10.9. The van der Waals surface area contributed by atoms with Gasteiger partial charge in [-0.05, 0) is 131 Å². The second-order valence-electron chi connectivity index (χ2n) is 12.6. The van der Waals surface area contributed by atoms with E-state index in [0.717, 1.165) is 75.9 Å². The first-order chi connectivity index (χ1) is 22.6. The van der Waals surface area contributed by atoms with Gasteiger partial charge in [0.25, 0.3) is 0 Å². The van der Waals surface area contributed by atoms with Crippen LogP contribution in [0, 0.1) is 5.92 Å². The molecule has 2 fully saturated rings. The minimum absolute atomic E-state index is 0.0148. The van der Waals surface area contributed by atoms with Crippen LogP contribution < -0.4 is 14.2 Å². The van der Waals surface area contributed by atoms with Gasteiger partial charge in [-0.2, -0.15) is 0 Å². The van der Waals surface area contributed by atoms with Gasteiger partial charge in [-0.25, -0.2) is 0 Å². The molecule has 0 bridgehead atoms. The number of nitrogens with zero attached hydrogens (tertiary/aromatic N) is 2. The fraction of sp³-hybridized carbons (Fsp3) is 0.462. The first-order valence-corrected chi connectivity index (χ1v) is 18.0. The summed E-state index contributed by atoms with van der Waals surface area (Å²) in [5.41, 5.74) is 2.40. The van der Waals surface area contributed by atoms with Crippen molar-refractivity contribution in [1.29, 1.82) is 0 Å². The largest absolute Gasteiger partial charge is 0.497 e. The Morgan fingerprint density at radius 2 is 1.57 bits per heavy atom. The maximum absolute atomic E-state index is 14.2. The second kappa shape index (κ2) is 15.5. The third kappa shape index (κ3) is 7.59. The number of hydrogen-bond acceptors (Lipinski definition) is 7. The fourth-order valence-electron chi connectivity index (χ4n) is 6.99. The molecular weight excluding hydrogens is 593 g/mol. The Balaban J connectivity index is 1.21. The van der Waals surface area contributed by atoms with E-state index in [1.165, 1.54) is 45.2 Å². The summed E-state index contributed by atoms with van der Waals surface area (Å²) in [6.07, 6.45) is 7.56. The molecule has 6 rings (SSSR count). The molecular formula is C39H48N2O4S. The zero-order chi connectivity index (χ0) is 31.9. The van der Waals surface area contributed by atoms with Crippen molar-refractivity contribution >= 4 is 27.2 Å². The summed E-state index contributed by atoms with van der Waals surface area (Å²) in [4.78, 5) is 20.2. The molecule has 244 valence electrons. The smallest absolute Gasteiger partial charge is 0.195 e. The van der Waals surface area contributed by atoms with E-state index in [0.29, 0.717) is 18.1 Å². The minimum Gasteiger partial charge on any atom is -0.497 e. The second-order valence-corrected chi connectivity index (χ2v) is 13.7. The van der Waals surface area contributed by atoms with Crippen LogP contribution >= 0.6 is 11.3 Å². The summed E-state index contributed by atoms with van der Waals surface area (Å²) in [5, 5.41) is 0.943. The highest BCUT2D eigenvalue weighted by molar-refractivity contribution is 7.22. The van der Waals surface area contributed by atoms with Crippen LogP contribution in [-0.4, -0.2) is 74.7 Å². The molecule has 1 saturated carbocycles. The molecule has 0 radical (unpaired) electrons. The molecule has 3 aromatic carbocycles. The number of thiophene rings is 1. The molecule has 0 N–H and O–H groups in total. The van der Waals surface area contributed by atoms with Gasteiger partial charge in [0.1, 0.15) is 30.0 Å². The van der Waals surface area contributed by atoms with Crippen molar-refractivity contribution < 1.29 is 19.0 Å². The van der Waals surface area contributed by atoms with E-state index >= 15 is 0 Å². The van der Waals surface area contributed by atoms with Crippen molar-refractivity contribution in [1.82, 2.24) is 9.80 Å². The van der Waals surface area contributed by atoms with Crippen molar-refractivity contribution in [2.24, 2.45) is 5.92 Å². The highest BCUT2D eigenvalue weighted by Crippen LogP contribution is 2.42. The van der Waals surface area contributed by atoms with Gasteiger partial charge in [0.15, 0.2) is 5.78 Å². The predicted octanol–water partition coefficient (Wildman–Crippen LogP) is 8.56. The summed E-state index contributed by atoms with van der Waals surface area (Å²) < 4.78 is 19.2. The zero-order valence-corrected chi connectivity index (χ0v) is 28.5. The molecule has 46 heavy (non-hydrogen) atoms. The van der Waals surface area contributed by atoms with Crippen molar-refractivity contribution in [3.05, 3.63) is 77.9 Å². The van der Waals surface area contributed by atoms with Crippen LogP contribution in [0.2, 0.25) is 0 Å². The maximum atomic E-state index is 14.2. The molecule has 0 spiro atoms. The Bertz CT molecular complexity index is 1570. The van der Waals surface area contributed by atoms with Gasteiger partial charge < -0.3 is 19.1 Å². The molecule has 2 atom stereocenters. The normalized spacial score (nSPS) is 18.7. The van der Waals surface area contributed by atoms with Crippen molar-refractivity contribution in [2.45, 2.75) is 58.5 Å². The topological polar surface area (TPSA) is 51.2 Å². The SMILES string of the molecule is CCN(CC)C[C@H]1CCCC[C@@H]1Oc1ccc(C(=O)c2c(-c3ccc(OCCN4CCCC4)cc3)sc3cc(OC)ccc23)cc1. The fourth-order valence-corrected chi connectivity index (χ4v) is 8.22. The number of benzene rings is 3. The summed E-state index contributed by atoms with van der Waals surface area (Å²) in [5.74, 6) is 3.03. The van der Waals surface area contributed by atoms with Gasteiger partial charge in [-0.1, -0.05) is 20.3 Å². The molecule has 1 saturated heterocycles. The van der Waals surface area contributed by atoms with E-state index in [1.807, 2.05) is 54.6 Å². The van der Waals surface area contributed by atoms with Crippen LogP contribution in [0.25, 0.3) is 20.5 Å². The number of rotatable bonds is 14. The van der Waals surface area contributed by atoms with Gasteiger partial charge in [0.05, 0.1) is 7.11 Å². The molecule has 1 aromatic heterocycles. The lowest BCUT2D eigenvalue weighted by molar-refractivity contribution is 0.0677. The van der Waals surface area contributed by atoms with Crippen molar-refractivity contribution in [3.63, 3.8) is 0 Å². The minimum atomic E-state index is 0.0148. The lowest BCUT2D eigenvalue weighted by Gasteiger charge is -2.35. The van der Waals surface area contributed by atoms with Gasteiger partial charge in [0, 0.05) is 45.1 Å². The van der Waals surface area contributed by atoms with Gasteiger partial charge in [-0.15, -0.1) is 11.3 Å². The molecule has 0 unspecified atom stereocenters. The summed E-state index contributed by atoms with van der Waals surface area (Å²) in [6.45, 7) is 11.7. The van der Waals surface area contributed by atoms with Crippen LogP contribution in [0.1, 0.15) is 68.3 Å². The summed E-state index contributed by atoms with van der Waals surface area (Å²) >= 11 is 1.63. The van der Waals surface area contributed by atoms with E-state index < -0.39 is 0 Å². The Hall–Kier alpha value is -3.39. The van der Waals surface area contributed by atoms with Crippen LogP contribution in [0.15, 0.2) is 66.7 Å². The van der Waals surface area contributed by atoms with E-state index in [9.17, 15) is 4.79 Å². The average molecular weight is 641 g/mol. The Kier molecular flexibility index (Phi) is 10.9. The highest BCUT2D eigenvalue weighted by atomic mass is 32.1. The van der Waals surface area contributed by atoms with Crippen LogP contribution in [0.3, 0.4) is 0 Å². The molecule has 2 aliphatic rings. The molecule has 2 heterocycles. The third-order valence-electron chi connectivity index (χ3n) is 9.75. The first-order valence-electron chi connectivity index (χ1n) is 17.2. The molecule has 0 amide bonds. The monoisotopic (exact) mass is 640 g/mol. The number of hydrogen-bond donors (Lipinski definition) is 0. The van der Waals surface area contributed by atoms with Gasteiger partial charge in [0.2, 0.25) is 0 Å². The molecule has 4 aromatic rings. The molecule has 6 nitrogen and oxygen atoms in total. The lowest BCUT2D eigenvalue weighted by atomic mass is 9.86. The van der Waals surface area contributed by atoms with Crippen molar-refractivity contribution in [3.8, 4) is 27.7 Å². The Labute approximate surface area is 278 Å². The highest BCUT2D eigenvalue weighted by Gasteiger charge is 2.28. The number of ether oxygens (including phenoxy) is 3. The van der Waals surface area contributed by atoms with Gasteiger partial charge in [-0.3, -0.25) is 9.69 Å². The summed E-state index contributed by atoms with van der Waals surface area (Å²) in [6, 6.07) is 21.9. The lowest BCUT2D eigenvalue weighted by Crippen LogP contribution is -2.39.